The molecule has 2 aromatic rings. The van der Waals surface area contributed by atoms with Crippen LogP contribution in [0.15, 0.2) is 42.5 Å². The molecule has 0 radical (unpaired) electrons. The number of hydrogen-bond donors (Lipinski definition) is 2. The molecule has 0 fully saturated rings. The third-order valence-electron chi connectivity index (χ3n) is 4.52. The Kier molecular flexibility index (Phi) is 11.4. The van der Waals surface area contributed by atoms with E-state index >= 15 is 0 Å². The fourth-order valence-electron chi connectivity index (χ4n) is 2.94. The third kappa shape index (κ3) is 10.2. The Morgan fingerprint density at radius 2 is 1.32 bits per heavy atom. The van der Waals surface area contributed by atoms with Crippen molar-refractivity contribution < 1.29 is 18.9 Å². The quantitative estimate of drug-likeness (QED) is 0.405. The number of nitrogens with one attached hydrogen (secondary N) is 2. The Morgan fingerprint density at radius 3 is 1.90 bits per heavy atom. The van der Waals surface area contributed by atoms with Crippen molar-refractivity contribution in [2.24, 2.45) is 0 Å². The first kappa shape index (κ1) is 25.1. The van der Waals surface area contributed by atoms with Gasteiger partial charge < -0.3 is 29.6 Å². The smallest absolute Gasteiger partial charge is 0.131 e. The summed E-state index contributed by atoms with van der Waals surface area (Å²) in [4.78, 5) is 0. The number of ether oxygens (including phenoxy) is 4. The highest BCUT2D eigenvalue weighted by atomic mass is 16.5. The molecule has 0 amide bonds. The van der Waals surface area contributed by atoms with E-state index in [1.54, 1.807) is 7.11 Å². The van der Waals surface area contributed by atoms with Gasteiger partial charge in [0.05, 0.1) is 32.5 Å². The lowest BCUT2D eigenvalue weighted by molar-refractivity contribution is 0.0805. The van der Waals surface area contributed by atoms with Crippen molar-refractivity contribution in [2.45, 2.75) is 53.0 Å². The average Bonchev–Trinajstić information content (AvgIpc) is 2.75. The molecule has 0 heterocycles. The van der Waals surface area contributed by atoms with Crippen LogP contribution in [-0.4, -0.2) is 45.6 Å². The Morgan fingerprint density at radius 1 is 0.742 bits per heavy atom. The topological polar surface area (TPSA) is 61.0 Å². The van der Waals surface area contributed by atoms with Crippen molar-refractivity contribution in [3.63, 3.8) is 0 Å². The minimum absolute atomic E-state index is 0.241. The molecule has 6 nitrogen and oxygen atoms in total. The van der Waals surface area contributed by atoms with Crippen LogP contribution >= 0.6 is 0 Å². The summed E-state index contributed by atoms with van der Waals surface area (Å²) in [7, 11) is 1.66. The molecule has 0 atom stereocenters. The summed E-state index contributed by atoms with van der Waals surface area (Å²) in [6, 6.07) is 13.9. The molecule has 0 saturated carbocycles. The Labute approximate surface area is 187 Å². The van der Waals surface area contributed by atoms with Crippen LogP contribution in [0.25, 0.3) is 0 Å². The van der Waals surface area contributed by atoms with Gasteiger partial charge >= 0.3 is 0 Å². The van der Waals surface area contributed by atoms with Crippen molar-refractivity contribution in [2.75, 3.05) is 33.4 Å². The molecule has 31 heavy (non-hydrogen) atoms. The van der Waals surface area contributed by atoms with Crippen molar-refractivity contribution >= 4 is 0 Å². The van der Waals surface area contributed by atoms with Gasteiger partial charge in [-0.05, 0) is 69.7 Å². The van der Waals surface area contributed by atoms with Gasteiger partial charge in [0.2, 0.25) is 0 Å². The highest BCUT2D eigenvalue weighted by Crippen LogP contribution is 2.28. The molecule has 0 aliphatic carbocycles. The number of methoxy groups -OCH3 is 1. The van der Waals surface area contributed by atoms with Crippen LogP contribution in [-0.2, 0) is 22.6 Å². The number of rotatable bonds is 15. The predicted molar refractivity (Wildman–Crippen MR) is 125 cm³/mol. The van der Waals surface area contributed by atoms with Crippen molar-refractivity contribution in [3.8, 4) is 17.2 Å². The van der Waals surface area contributed by atoms with E-state index in [2.05, 4.69) is 22.8 Å². The average molecular weight is 431 g/mol. The first-order valence-corrected chi connectivity index (χ1v) is 11.1. The van der Waals surface area contributed by atoms with Gasteiger partial charge in [-0.3, -0.25) is 0 Å². The molecule has 0 aromatic heterocycles. The number of benzene rings is 2. The zero-order valence-corrected chi connectivity index (χ0v) is 19.6. The lowest BCUT2D eigenvalue weighted by atomic mass is 10.1. The summed E-state index contributed by atoms with van der Waals surface area (Å²) in [5, 5.41) is 6.89. The van der Waals surface area contributed by atoms with Crippen LogP contribution in [0.2, 0.25) is 0 Å². The van der Waals surface area contributed by atoms with Gasteiger partial charge in [0.1, 0.15) is 17.2 Å². The normalized spacial score (nSPS) is 11.3. The van der Waals surface area contributed by atoms with Crippen molar-refractivity contribution in [1.29, 1.82) is 0 Å². The maximum Gasteiger partial charge on any atom is 0.131 e. The van der Waals surface area contributed by atoms with Crippen LogP contribution in [0.3, 0.4) is 0 Å². The maximum atomic E-state index is 6.16. The zero-order valence-electron chi connectivity index (χ0n) is 19.6. The molecule has 0 aliphatic rings. The van der Waals surface area contributed by atoms with Gasteiger partial charge in [0.15, 0.2) is 0 Å². The fourth-order valence-corrected chi connectivity index (χ4v) is 2.94. The van der Waals surface area contributed by atoms with Crippen molar-refractivity contribution in [1.82, 2.24) is 10.6 Å². The van der Waals surface area contributed by atoms with Gasteiger partial charge in [0.25, 0.3) is 0 Å². The van der Waals surface area contributed by atoms with Crippen LogP contribution in [0, 0.1) is 0 Å². The Hall–Kier alpha value is -2.12. The number of hydrogen-bond acceptors (Lipinski definition) is 6. The fraction of sp³-hybridized carbons (Fsp3) is 0.520. The molecule has 6 heteroatoms. The summed E-state index contributed by atoms with van der Waals surface area (Å²) in [5.41, 5.74) is 2.32. The van der Waals surface area contributed by atoms with Gasteiger partial charge in [-0.2, -0.15) is 0 Å². The van der Waals surface area contributed by atoms with Crippen LogP contribution in [0.1, 0.15) is 38.8 Å². The van der Waals surface area contributed by atoms with E-state index in [1.165, 1.54) is 5.56 Å². The lowest BCUT2D eigenvalue weighted by Crippen LogP contribution is -2.22. The summed E-state index contributed by atoms with van der Waals surface area (Å²) < 4.78 is 22.6. The highest BCUT2D eigenvalue weighted by Gasteiger charge is 2.08. The van der Waals surface area contributed by atoms with Crippen LogP contribution in [0.5, 0.6) is 17.2 Å². The molecule has 0 spiro atoms. The molecule has 2 rings (SSSR count). The van der Waals surface area contributed by atoms with Gasteiger partial charge in [-0.15, -0.1) is 0 Å². The summed E-state index contributed by atoms with van der Waals surface area (Å²) >= 11 is 0. The van der Waals surface area contributed by atoms with E-state index in [4.69, 9.17) is 18.9 Å². The molecular formula is C25H38N2O4. The van der Waals surface area contributed by atoms with E-state index in [-0.39, 0.29) is 12.2 Å². The second-order valence-electron chi connectivity index (χ2n) is 7.91. The lowest BCUT2D eigenvalue weighted by Gasteiger charge is -2.15. The predicted octanol–water partition coefficient (Wildman–Crippen LogP) is 4.52. The zero-order chi connectivity index (χ0) is 22.5. The van der Waals surface area contributed by atoms with Gasteiger partial charge in [-0.1, -0.05) is 6.07 Å². The minimum Gasteiger partial charge on any atom is -0.497 e. The first-order valence-electron chi connectivity index (χ1n) is 11.1. The summed E-state index contributed by atoms with van der Waals surface area (Å²) in [6.07, 6.45) is 0.499. The van der Waals surface area contributed by atoms with E-state index in [0.717, 1.165) is 42.4 Å². The van der Waals surface area contributed by atoms with Gasteiger partial charge in [0, 0.05) is 31.7 Å². The second kappa shape index (κ2) is 14.0. The Balaban J connectivity index is 1.99. The van der Waals surface area contributed by atoms with E-state index < -0.39 is 0 Å². The molecule has 2 N–H and O–H groups in total. The molecule has 0 bridgehead atoms. The molecular weight excluding hydrogens is 392 g/mol. The van der Waals surface area contributed by atoms with Crippen LogP contribution in [0.4, 0.5) is 0 Å². The molecule has 2 aromatic carbocycles. The largest absolute Gasteiger partial charge is 0.497 e. The third-order valence-corrected chi connectivity index (χ3v) is 4.52. The van der Waals surface area contributed by atoms with E-state index in [0.29, 0.717) is 19.8 Å². The molecule has 0 saturated heterocycles. The molecule has 0 unspecified atom stereocenters. The maximum absolute atomic E-state index is 6.16. The minimum atomic E-state index is 0.241. The highest BCUT2D eigenvalue weighted by molar-refractivity contribution is 5.41. The van der Waals surface area contributed by atoms with Crippen molar-refractivity contribution in [3.05, 3.63) is 53.6 Å². The second-order valence-corrected chi connectivity index (χ2v) is 7.91. The SMILES string of the molecule is COc1ccc(Oc2ccc(CNCCOC(C)C)cc2CNCCOC(C)C)cc1. The van der Waals surface area contributed by atoms with E-state index in [9.17, 15) is 0 Å². The monoisotopic (exact) mass is 430 g/mol. The van der Waals surface area contributed by atoms with E-state index in [1.807, 2.05) is 58.0 Å². The summed E-state index contributed by atoms with van der Waals surface area (Å²) in [5.74, 6) is 2.43. The van der Waals surface area contributed by atoms with Crippen LogP contribution < -0.4 is 20.1 Å². The Bertz CT molecular complexity index is 748. The molecule has 172 valence electrons. The molecule has 0 aliphatic heterocycles. The first-order chi connectivity index (χ1) is 15.0. The summed E-state index contributed by atoms with van der Waals surface area (Å²) in [6.45, 7) is 12.7. The standard InChI is InChI=1S/C25H38N2O4/c1-19(2)29-14-12-26-17-21-6-11-25(31-24-9-7-23(28-5)8-10-24)22(16-21)18-27-13-15-30-20(3)4/h6-11,16,19-20,26-27H,12-15,17-18H2,1-5H3. The van der Waals surface area contributed by atoms with Gasteiger partial charge in [-0.25, -0.2) is 0 Å².